The van der Waals surface area contributed by atoms with Crippen LogP contribution in [-0.2, 0) is 25.2 Å². The van der Waals surface area contributed by atoms with Gasteiger partial charge in [0, 0.05) is 51.1 Å². The first-order chi connectivity index (χ1) is 49.8. The van der Waals surface area contributed by atoms with Crippen molar-refractivity contribution in [1.82, 2.24) is 9.80 Å². The molecule has 0 aliphatic carbocycles. The monoisotopic (exact) mass is 1560 g/mol. The molecule has 0 unspecified atom stereocenters. The van der Waals surface area contributed by atoms with Gasteiger partial charge in [-0.05, 0) is 151 Å². The first kappa shape index (κ1) is 86.0. The summed E-state index contributed by atoms with van der Waals surface area (Å²) in [6.45, 7) is 25.2. The van der Waals surface area contributed by atoms with Crippen molar-refractivity contribution in [3.05, 3.63) is 389 Å². The van der Waals surface area contributed by atoms with E-state index < -0.39 is 31.7 Å². The van der Waals surface area contributed by atoms with E-state index in [0.29, 0.717) is 12.1 Å². The Morgan fingerprint density at radius 1 is 0.301 bits per heavy atom. The molecule has 0 aliphatic heterocycles. The summed E-state index contributed by atoms with van der Waals surface area (Å²) in [6, 6.07) is 131. The molecule has 0 N–H and O–H groups in total. The molecule has 0 heterocycles. The third-order valence-corrected chi connectivity index (χ3v) is 25.3. The molecule has 12 rings (SSSR count). The predicted octanol–water partition coefficient (Wildman–Crippen LogP) is 19.9. The summed E-state index contributed by atoms with van der Waals surface area (Å²) in [5, 5.41) is 17.0. The van der Waals surface area contributed by atoms with Crippen molar-refractivity contribution >= 4 is 125 Å². The number of hydrogen-bond donors (Lipinski definition) is 0. The molecule has 0 saturated carbocycles. The fraction of sp³-hybridized carbons (Fsp3) is 0.163. The van der Waals surface area contributed by atoms with Gasteiger partial charge in [0.15, 0.2) is 0 Å². The summed E-state index contributed by atoms with van der Waals surface area (Å²) < 4.78 is 4.94. The van der Waals surface area contributed by atoms with Crippen molar-refractivity contribution in [3.8, 4) is 0 Å². The second kappa shape index (κ2) is 50.7. The van der Waals surface area contributed by atoms with Crippen LogP contribution in [0.1, 0.15) is 55.4 Å². The Morgan fingerprint density at radius 2 is 0.447 bits per heavy atom. The van der Waals surface area contributed by atoms with E-state index in [1.165, 1.54) is 63.7 Å². The van der Waals surface area contributed by atoms with Crippen molar-refractivity contribution in [3.63, 3.8) is 0 Å². The van der Waals surface area contributed by atoms with E-state index >= 15 is 0 Å². The molecular formula is C92H100Cl2N2O2P4Pd. The Bertz CT molecular complexity index is 3230. The molecular weight excluding hydrogens is 1470 g/mol. The van der Waals surface area contributed by atoms with Crippen molar-refractivity contribution in [2.75, 3.05) is 18.5 Å². The van der Waals surface area contributed by atoms with Crippen LogP contribution in [0.3, 0.4) is 0 Å². The summed E-state index contributed by atoms with van der Waals surface area (Å²) in [7, 11) is -1.78. The zero-order valence-corrected chi connectivity index (χ0v) is 67.4. The van der Waals surface area contributed by atoms with Gasteiger partial charge in [-0.2, -0.15) is 0 Å². The fourth-order valence-corrected chi connectivity index (χ4v) is 20.3. The van der Waals surface area contributed by atoms with Gasteiger partial charge in [0.1, 0.15) is 6.61 Å². The number of carbonyl (C=O) groups excluding carboxylic acids is 1. The Morgan fingerprint density at radius 3 is 0.544 bits per heavy atom. The molecule has 11 heteroatoms. The summed E-state index contributed by atoms with van der Waals surface area (Å²) in [5.41, 5.74) is 0. The number of alkyl halides is 2. The van der Waals surface area contributed by atoms with Crippen molar-refractivity contribution in [2.24, 2.45) is 0 Å². The molecule has 1 amide bonds. The van der Waals surface area contributed by atoms with Gasteiger partial charge >= 0.3 is 6.09 Å². The van der Waals surface area contributed by atoms with Gasteiger partial charge in [0.25, 0.3) is 0 Å². The average Bonchev–Trinajstić information content (AvgIpc) is 0.847. The van der Waals surface area contributed by atoms with Crippen LogP contribution in [0, 0.1) is 0 Å². The van der Waals surface area contributed by atoms with Gasteiger partial charge in [0.05, 0.1) is 5.34 Å². The van der Waals surface area contributed by atoms with E-state index in [1.54, 1.807) is 11.0 Å². The number of amides is 1. The number of nitrogens with zero attached hydrogens (tertiary/aromatic N) is 2. The fourth-order valence-electron chi connectivity index (χ4n) is 11.1. The molecule has 12 aromatic rings. The van der Waals surface area contributed by atoms with Gasteiger partial charge in [-0.1, -0.05) is 383 Å². The Hall–Kier alpha value is -7.69. The third kappa shape index (κ3) is 30.1. The van der Waals surface area contributed by atoms with Crippen LogP contribution in [0.2, 0.25) is 0 Å². The average molecular weight is 1570 g/mol. The van der Waals surface area contributed by atoms with Gasteiger partial charge in [-0.3, -0.25) is 4.90 Å². The topological polar surface area (TPSA) is 32.8 Å². The summed E-state index contributed by atoms with van der Waals surface area (Å²) >= 11 is 9.53. The maximum absolute atomic E-state index is 11.4. The van der Waals surface area contributed by atoms with E-state index in [-0.39, 0.29) is 50.5 Å². The number of rotatable bonds is 20. The molecule has 0 radical (unpaired) electrons. The maximum atomic E-state index is 11.4. The minimum Gasteiger partial charge on any atom is -0.445 e. The normalized spacial score (nSPS) is 10.4. The van der Waals surface area contributed by atoms with Crippen LogP contribution in [0.4, 0.5) is 4.79 Å². The number of carbonyl (C=O) groups is 1. The summed E-state index contributed by atoms with van der Waals surface area (Å²) in [4.78, 5) is 15.5. The van der Waals surface area contributed by atoms with E-state index in [1.807, 2.05) is 33.8 Å². The Balaban J connectivity index is 0.000000223. The zero-order chi connectivity index (χ0) is 72.9. The molecule has 103 heavy (non-hydrogen) atoms. The second-order valence-electron chi connectivity index (χ2n) is 24.1. The molecule has 0 aliphatic rings. The van der Waals surface area contributed by atoms with Crippen LogP contribution in [0.5, 0.6) is 0 Å². The first-order valence-electron chi connectivity index (χ1n) is 34.7. The Kier molecular flexibility index (Phi) is 42.3. The van der Waals surface area contributed by atoms with Crippen LogP contribution in [0.25, 0.3) is 0 Å². The van der Waals surface area contributed by atoms with E-state index in [9.17, 15) is 4.79 Å². The van der Waals surface area contributed by atoms with E-state index in [0.717, 1.165) is 6.54 Å². The molecule has 0 bridgehead atoms. The zero-order valence-electron chi connectivity index (χ0n) is 60.7. The van der Waals surface area contributed by atoms with E-state index in [4.69, 9.17) is 27.9 Å². The molecule has 4 nitrogen and oxygen atoms in total. The first-order valence-corrected chi connectivity index (χ1v) is 41.1. The van der Waals surface area contributed by atoms with Gasteiger partial charge in [0.2, 0.25) is 0 Å². The van der Waals surface area contributed by atoms with Crippen molar-refractivity contribution in [1.29, 1.82) is 0 Å². The van der Waals surface area contributed by atoms with Crippen LogP contribution in [0.15, 0.2) is 389 Å². The minimum absolute atomic E-state index is 0. The van der Waals surface area contributed by atoms with Gasteiger partial charge in [-0.15, -0.1) is 29.8 Å². The molecule has 0 saturated heterocycles. The standard InChI is InChI=1S/4C18H15P.C10H19NO2.C9H19N.CH2Cl2.Pd/c4*1-4-10-16(11-5-1)19(17-12-6-2-7-13-17)18-14-8-3-9-15-18;1-6-7-13-10(12)11(8(2)3)9(4)5;1-6-7-10(8(2)3)9(4)5;2-1-3;/h4*1-15H;6,8-9H,1,7H2,2-5H3;6,8-9H,1,7H2,2-5H3;1H2;. The number of ether oxygens (including phenoxy) is 1. The summed E-state index contributed by atoms with van der Waals surface area (Å²) in [6.07, 6.45) is 3.25. The molecule has 534 valence electrons. The SMILES string of the molecule is C=CCN(C(C)C)C(C)C.C=CCOC(=O)N(C(C)C)C(C)C.ClCCl.[Pd].c1ccc(P(c2ccccc2)c2ccccc2)cc1.c1ccc(P(c2ccccc2)c2ccccc2)cc1.c1ccc(P(c2ccccc2)c2ccccc2)cc1.c1ccc(P(c2ccccc2)c2ccccc2)cc1. The van der Waals surface area contributed by atoms with Gasteiger partial charge < -0.3 is 9.64 Å². The van der Waals surface area contributed by atoms with Crippen molar-refractivity contribution < 1.29 is 30.0 Å². The smallest absolute Gasteiger partial charge is 0.410 e. The third-order valence-electron chi connectivity index (χ3n) is 15.5. The molecule has 0 aromatic heterocycles. The number of benzene rings is 12. The molecule has 12 aromatic carbocycles. The van der Waals surface area contributed by atoms with E-state index in [2.05, 4.69) is 410 Å². The Labute approximate surface area is 646 Å². The largest absolute Gasteiger partial charge is 0.445 e. The predicted molar refractivity (Wildman–Crippen MR) is 458 cm³/mol. The quantitative estimate of drug-likeness (QED) is 0.0330. The number of halogens is 2. The van der Waals surface area contributed by atoms with Gasteiger partial charge in [-0.25, -0.2) is 4.79 Å². The maximum Gasteiger partial charge on any atom is 0.410 e. The minimum atomic E-state index is -0.446. The van der Waals surface area contributed by atoms with Crippen LogP contribution in [-0.4, -0.2) is 58.6 Å². The molecule has 0 atom stereocenters. The molecule has 0 spiro atoms. The van der Waals surface area contributed by atoms with Crippen LogP contribution >= 0.6 is 54.9 Å². The second-order valence-corrected chi connectivity index (χ2v) is 33.8. The number of hydrogen-bond acceptors (Lipinski definition) is 3. The molecule has 0 fully saturated rings. The van der Waals surface area contributed by atoms with Crippen LogP contribution < -0.4 is 63.7 Å². The van der Waals surface area contributed by atoms with Crippen molar-refractivity contribution in [2.45, 2.75) is 79.6 Å². The summed E-state index contributed by atoms with van der Waals surface area (Å²) in [5.74, 6) is 0.